The first-order valence-corrected chi connectivity index (χ1v) is 9.17. The lowest BCUT2D eigenvalue weighted by molar-refractivity contribution is 0.687. The molecular formula is C20H16N8O. The SMILES string of the molecule is CCc1nc(-c2cnn(Cc3cccc(C#N)c3)c2)nc2c1[N+]1([O-])C=CN=C1N2. The van der Waals surface area contributed by atoms with E-state index in [1.54, 1.807) is 16.9 Å². The second-order valence-corrected chi connectivity index (χ2v) is 6.82. The lowest BCUT2D eigenvalue weighted by atomic mass is 10.1. The number of anilines is 1. The fourth-order valence-electron chi connectivity index (χ4n) is 3.56. The van der Waals surface area contributed by atoms with Gasteiger partial charge in [-0.2, -0.15) is 15.4 Å². The highest BCUT2D eigenvalue weighted by atomic mass is 16.6. The molecule has 29 heavy (non-hydrogen) atoms. The number of hydrogen-bond acceptors (Lipinski definition) is 7. The van der Waals surface area contributed by atoms with E-state index in [1.807, 2.05) is 31.3 Å². The van der Waals surface area contributed by atoms with Crippen LogP contribution in [0.25, 0.3) is 11.4 Å². The van der Waals surface area contributed by atoms with Gasteiger partial charge in [0.15, 0.2) is 5.82 Å². The van der Waals surface area contributed by atoms with Crippen molar-refractivity contribution in [1.29, 1.82) is 5.26 Å². The minimum Gasteiger partial charge on any atom is -0.614 e. The molecule has 2 aliphatic rings. The van der Waals surface area contributed by atoms with Crippen molar-refractivity contribution in [2.45, 2.75) is 19.9 Å². The number of nitrogens with one attached hydrogen (secondary N) is 1. The van der Waals surface area contributed by atoms with Crippen molar-refractivity contribution in [1.82, 2.24) is 24.4 Å². The van der Waals surface area contributed by atoms with E-state index in [-0.39, 0.29) is 5.96 Å². The maximum atomic E-state index is 13.1. The average molecular weight is 384 g/mol. The largest absolute Gasteiger partial charge is 0.614 e. The number of rotatable bonds is 4. The molecule has 3 aromatic rings. The van der Waals surface area contributed by atoms with Gasteiger partial charge in [-0.05, 0) is 24.1 Å². The normalized spacial score (nSPS) is 18.7. The van der Waals surface area contributed by atoms with Crippen molar-refractivity contribution in [3.63, 3.8) is 0 Å². The van der Waals surface area contributed by atoms with E-state index in [0.29, 0.717) is 41.6 Å². The number of fused-ring (bicyclic) bond motifs is 3. The van der Waals surface area contributed by atoms with Crippen molar-refractivity contribution in [3.8, 4) is 17.5 Å². The van der Waals surface area contributed by atoms with Crippen molar-refractivity contribution in [3.05, 3.63) is 71.1 Å². The number of aryl methyl sites for hydroxylation is 1. The van der Waals surface area contributed by atoms with Gasteiger partial charge in [0.05, 0.1) is 36.1 Å². The van der Waals surface area contributed by atoms with Crippen molar-refractivity contribution < 1.29 is 0 Å². The fourth-order valence-corrected chi connectivity index (χ4v) is 3.56. The Balaban J connectivity index is 1.49. The first kappa shape index (κ1) is 17.2. The number of hydroxylamine groups is 2. The molecule has 0 amide bonds. The first-order valence-electron chi connectivity index (χ1n) is 9.17. The lowest BCUT2D eigenvalue weighted by Crippen LogP contribution is -2.40. The molecular weight excluding hydrogens is 368 g/mol. The van der Waals surface area contributed by atoms with Crippen LogP contribution in [-0.4, -0.2) is 25.7 Å². The van der Waals surface area contributed by atoms with Crippen molar-refractivity contribution in [2.75, 3.05) is 5.32 Å². The Labute approximate surface area is 166 Å². The number of quaternary nitrogens is 1. The molecule has 9 nitrogen and oxygen atoms in total. The standard InChI is InChI=1S/C20H16N8O/c1-2-16-17-19(26-20-22-6-7-28(17,20)29)25-18(24-16)15-10-23-27(12-15)11-14-5-3-4-13(8-14)9-21/h3-8,10,12H,2,11H2,1H3,(H,22,24,25,26). The number of benzene rings is 1. The second-order valence-electron chi connectivity index (χ2n) is 6.82. The quantitative estimate of drug-likeness (QED) is 0.546. The van der Waals surface area contributed by atoms with Crippen LogP contribution in [-0.2, 0) is 13.0 Å². The van der Waals surface area contributed by atoms with Gasteiger partial charge in [-0.15, -0.1) is 0 Å². The highest BCUT2D eigenvalue weighted by molar-refractivity contribution is 6.13. The van der Waals surface area contributed by atoms with Gasteiger partial charge in [-0.3, -0.25) is 10.00 Å². The average Bonchev–Trinajstić information content (AvgIpc) is 3.41. The third-order valence-electron chi connectivity index (χ3n) is 4.93. The third-order valence-corrected chi connectivity index (χ3v) is 4.93. The number of nitriles is 1. The molecule has 1 unspecified atom stereocenters. The number of aromatic nitrogens is 4. The predicted octanol–water partition coefficient (Wildman–Crippen LogP) is 2.89. The highest BCUT2D eigenvalue weighted by Gasteiger charge is 2.43. The van der Waals surface area contributed by atoms with Crippen molar-refractivity contribution in [2.24, 2.45) is 4.99 Å². The molecule has 9 heteroatoms. The van der Waals surface area contributed by atoms with Crippen molar-refractivity contribution >= 4 is 17.5 Å². The van der Waals surface area contributed by atoms with E-state index < -0.39 is 4.65 Å². The van der Waals surface area contributed by atoms with Gasteiger partial charge in [0.1, 0.15) is 11.9 Å². The Kier molecular flexibility index (Phi) is 3.77. The molecule has 4 heterocycles. The molecule has 142 valence electrons. The van der Waals surface area contributed by atoms with E-state index >= 15 is 0 Å². The molecule has 2 aromatic heterocycles. The molecule has 0 bridgehead atoms. The summed E-state index contributed by atoms with van der Waals surface area (Å²) in [6.07, 6.45) is 7.12. The van der Waals surface area contributed by atoms with Gasteiger partial charge < -0.3 is 5.21 Å². The number of hydrogen-bond donors (Lipinski definition) is 1. The Bertz CT molecular complexity index is 1240. The van der Waals surface area contributed by atoms with E-state index in [4.69, 9.17) is 5.26 Å². The van der Waals surface area contributed by atoms with Crippen LogP contribution in [0.4, 0.5) is 11.5 Å². The number of aliphatic imine (C=N–C) groups is 1. The Morgan fingerprint density at radius 3 is 3.03 bits per heavy atom. The first-order chi connectivity index (χ1) is 14.1. The lowest BCUT2D eigenvalue weighted by Gasteiger charge is -2.29. The molecule has 0 radical (unpaired) electrons. The zero-order valence-electron chi connectivity index (χ0n) is 15.6. The summed E-state index contributed by atoms with van der Waals surface area (Å²) in [5.41, 5.74) is 3.52. The van der Waals surface area contributed by atoms with Gasteiger partial charge >= 0.3 is 5.96 Å². The molecule has 2 aliphatic heterocycles. The van der Waals surface area contributed by atoms with E-state index in [9.17, 15) is 5.21 Å². The predicted molar refractivity (Wildman–Crippen MR) is 108 cm³/mol. The highest BCUT2D eigenvalue weighted by Crippen LogP contribution is 2.42. The molecule has 1 aromatic carbocycles. The smallest absolute Gasteiger partial charge is 0.318 e. The van der Waals surface area contributed by atoms with Crippen LogP contribution in [0.1, 0.15) is 23.7 Å². The van der Waals surface area contributed by atoms with Gasteiger partial charge in [0.2, 0.25) is 11.5 Å². The molecule has 0 aliphatic carbocycles. The van der Waals surface area contributed by atoms with Crippen LogP contribution in [0.15, 0.2) is 54.1 Å². The van der Waals surface area contributed by atoms with Crippen LogP contribution in [0.3, 0.4) is 0 Å². The van der Waals surface area contributed by atoms with Crippen LogP contribution < -0.4 is 9.96 Å². The Morgan fingerprint density at radius 2 is 2.21 bits per heavy atom. The second kappa shape index (κ2) is 6.34. The van der Waals surface area contributed by atoms with Crippen LogP contribution in [0.5, 0.6) is 0 Å². The van der Waals surface area contributed by atoms with Gasteiger partial charge in [0.25, 0.3) is 0 Å². The fraction of sp³-hybridized carbons (Fsp3) is 0.150. The van der Waals surface area contributed by atoms with Crippen LogP contribution >= 0.6 is 0 Å². The number of nitrogens with zero attached hydrogens (tertiary/aromatic N) is 7. The summed E-state index contributed by atoms with van der Waals surface area (Å²) in [5, 5.41) is 29.6. The van der Waals surface area contributed by atoms with Gasteiger partial charge in [-0.1, -0.05) is 19.1 Å². The summed E-state index contributed by atoms with van der Waals surface area (Å²) in [6.45, 7) is 2.49. The maximum Gasteiger partial charge on any atom is 0.318 e. The molecule has 1 N–H and O–H groups in total. The summed E-state index contributed by atoms with van der Waals surface area (Å²) in [7, 11) is 0. The van der Waals surface area contributed by atoms with E-state index in [0.717, 1.165) is 11.1 Å². The topological polar surface area (TPSA) is 115 Å². The molecule has 0 saturated heterocycles. The van der Waals surface area contributed by atoms with Crippen LogP contribution in [0.2, 0.25) is 0 Å². The third kappa shape index (κ3) is 2.70. The zero-order valence-corrected chi connectivity index (χ0v) is 15.6. The zero-order chi connectivity index (χ0) is 20.0. The van der Waals surface area contributed by atoms with Gasteiger partial charge in [0, 0.05) is 6.20 Å². The summed E-state index contributed by atoms with van der Waals surface area (Å²) >= 11 is 0. The maximum absolute atomic E-state index is 13.1. The molecule has 5 rings (SSSR count). The molecule has 0 spiro atoms. The number of guanidine groups is 1. The minimum absolute atomic E-state index is 0.286. The van der Waals surface area contributed by atoms with E-state index in [1.165, 1.54) is 12.4 Å². The molecule has 0 fully saturated rings. The van der Waals surface area contributed by atoms with E-state index in [2.05, 4.69) is 31.4 Å². The monoisotopic (exact) mass is 384 g/mol. The summed E-state index contributed by atoms with van der Waals surface area (Å²) in [5.74, 6) is 1.27. The summed E-state index contributed by atoms with van der Waals surface area (Å²) < 4.78 is 1.00. The summed E-state index contributed by atoms with van der Waals surface area (Å²) in [4.78, 5) is 13.3. The van der Waals surface area contributed by atoms with Gasteiger partial charge in [-0.25, -0.2) is 14.6 Å². The summed E-state index contributed by atoms with van der Waals surface area (Å²) in [6, 6.07) is 9.55. The Morgan fingerprint density at radius 1 is 1.31 bits per heavy atom. The molecule has 0 saturated carbocycles. The minimum atomic E-state index is -0.771. The van der Waals surface area contributed by atoms with Crippen LogP contribution in [0, 0.1) is 16.5 Å². The Hall–Kier alpha value is -3.87. The molecule has 1 atom stereocenters.